The third-order valence-corrected chi connectivity index (χ3v) is 3.39. The van der Waals surface area contributed by atoms with Crippen LogP contribution in [0.4, 0.5) is 5.69 Å². The molecule has 1 heterocycles. The van der Waals surface area contributed by atoms with Gasteiger partial charge in [-0.25, -0.2) is 0 Å². The highest BCUT2D eigenvalue weighted by molar-refractivity contribution is 5.92. The largest absolute Gasteiger partial charge is 0.345 e. The number of para-hydroxylation sites is 1. The molecule has 0 spiro atoms. The van der Waals surface area contributed by atoms with Crippen LogP contribution in [-0.4, -0.2) is 36.3 Å². The van der Waals surface area contributed by atoms with Gasteiger partial charge < -0.3 is 9.80 Å². The van der Waals surface area contributed by atoms with Gasteiger partial charge in [-0.2, -0.15) is 0 Å². The summed E-state index contributed by atoms with van der Waals surface area (Å²) >= 11 is 0. The van der Waals surface area contributed by atoms with E-state index in [1.807, 2.05) is 35.2 Å². The Morgan fingerprint density at radius 3 is 2.39 bits per heavy atom. The molecule has 4 heteroatoms. The molecule has 4 nitrogen and oxygen atoms in total. The Bertz CT molecular complexity index is 411. The second kappa shape index (κ2) is 5.67. The van der Waals surface area contributed by atoms with Crippen molar-refractivity contribution in [2.75, 3.05) is 18.0 Å². The molecule has 18 heavy (non-hydrogen) atoms. The predicted molar refractivity (Wildman–Crippen MR) is 70.3 cm³/mol. The van der Waals surface area contributed by atoms with Crippen LogP contribution in [0.1, 0.15) is 19.8 Å². The highest BCUT2D eigenvalue weighted by Crippen LogP contribution is 2.23. The van der Waals surface area contributed by atoms with Crippen LogP contribution in [0.3, 0.4) is 0 Å². The summed E-state index contributed by atoms with van der Waals surface area (Å²) in [5.74, 6) is 0.0609. The first-order valence-corrected chi connectivity index (χ1v) is 6.26. The standard InChI is InChI=1S/C14H18N2O2/c1-12(18)16(13-5-3-2-4-6-13)14-7-9-15(11-17)10-8-14/h2-6,11,14H,7-10H2,1H3. The van der Waals surface area contributed by atoms with Crippen molar-refractivity contribution in [2.45, 2.75) is 25.8 Å². The maximum absolute atomic E-state index is 11.8. The molecule has 1 aromatic carbocycles. The zero-order chi connectivity index (χ0) is 13.0. The molecule has 0 N–H and O–H groups in total. The molecule has 0 saturated carbocycles. The molecule has 2 amide bonds. The van der Waals surface area contributed by atoms with E-state index in [2.05, 4.69) is 0 Å². The van der Waals surface area contributed by atoms with E-state index in [1.54, 1.807) is 11.8 Å². The van der Waals surface area contributed by atoms with Gasteiger partial charge in [0.2, 0.25) is 12.3 Å². The first-order valence-electron chi connectivity index (χ1n) is 6.26. The number of rotatable bonds is 3. The number of anilines is 1. The minimum atomic E-state index is 0.0609. The fourth-order valence-corrected chi connectivity index (χ4v) is 2.49. The fraction of sp³-hybridized carbons (Fsp3) is 0.429. The quantitative estimate of drug-likeness (QED) is 0.761. The monoisotopic (exact) mass is 246 g/mol. The minimum absolute atomic E-state index is 0.0609. The van der Waals surface area contributed by atoms with Crippen molar-refractivity contribution in [3.8, 4) is 0 Å². The molecule has 1 fully saturated rings. The number of hydrogen-bond donors (Lipinski definition) is 0. The van der Waals surface area contributed by atoms with Crippen molar-refractivity contribution in [1.29, 1.82) is 0 Å². The molecule has 0 atom stereocenters. The topological polar surface area (TPSA) is 40.6 Å². The lowest BCUT2D eigenvalue weighted by Crippen LogP contribution is -2.46. The smallest absolute Gasteiger partial charge is 0.224 e. The Morgan fingerprint density at radius 1 is 1.28 bits per heavy atom. The molecule has 1 saturated heterocycles. The fourth-order valence-electron chi connectivity index (χ4n) is 2.49. The Balaban J connectivity index is 2.12. The lowest BCUT2D eigenvalue weighted by molar-refractivity contribution is -0.119. The maximum atomic E-state index is 11.8. The van der Waals surface area contributed by atoms with Gasteiger partial charge in [-0.05, 0) is 25.0 Å². The average molecular weight is 246 g/mol. The van der Waals surface area contributed by atoms with E-state index < -0.39 is 0 Å². The molecule has 0 aromatic heterocycles. The first kappa shape index (κ1) is 12.6. The van der Waals surface area contributed by atoms with Crippen LogP contribution in [-0.2, 0) is 9.59 Å². The van der Waals surface area contributed by atoms with Crippen molar-refractivity contribution < 1.29 is 9.59 Å². The summed E-state index contributed by atoms with van der Waals surface area (Å²) in [6.45, 7) is 3.05. The van der Waals surface area contributed by atoms with Gasteiger partial charge in [-0.1, -0.05) is 18.2 Å². The Labute approximate surface area is 107 Å². The highest BCUT2D eigenvalue weighted by atomic mass is 16.2. The molecule has 1 aliphatic rings. The van der Waals surface area contributed by atoms with Gasteiger partial charge in [-0.15, -0.1) is 0 Å². The molecule has 0 bridgehead atoms. The minimum Gasteiger partial charge on any atom is -0.345 e. The highest BCUT2D eigenvalue weighted by Gasteiger charge is 2.26. The zero-order valence-electron chi connectivity index (χ0n) is 10.6. The van der Waals surface area contributed by atoms with Crippen molar-refractivity contribution in [3.63, 3.8) is 0 Å². The molecule has 0 unspecified atom stereocenters. The van der Waals surface area contributed by atoms with Crippen LogP contribution >= 0.6 is 0 Å². The number of nitrogens with zero attached hydrogens (tertiary/aromatic N) is 2. The van der Waals surface area contributed by atoms with Gasteiger partial charge in [0.15, 0.2) is 0 Å². The zero-order valence-corrected chi connectivity index (χ0v) is 10.6. The number of carbonyl (C=O) groups is 2. The lowest BCUT2D eigenvalue weighted by Gasteiger charge is -2.36. The summed E-state index contributed by atoms with van der Waals surface area (Å²) in [6.07, 6.45) is 2.57. The van der Waals surface area contributed by atoms with E-state index in [4.69, 9.17) is 0 Å². The molecule has 2 rings (SSSR count). The number of carbonyl (C=O) groups excluding carboxylic acids is 2. The molecule has 0 aliphatic carbocycles. The summed E-state index contributed by atoms with van der Waals surface area (Å²) in [6, 6.07) is 9.91. The van der Waals surface area contributed by atoms with E-state index in [0.717, 1.165) is 38.0 Å². The Kier molecular flexibility index (Phi) is 3.97. The SMILES string of the molecule is CC(=O)N(c1ccccc1)C1CCN(C=O)CC1. The number of benzene rings is 1. The van der Waals surface area contributed by atoms with Crippen molar-refractivity contribution in [3.05, 3.63) is 30.3 Å². The molecular weight excluding hydrogens is 228 g/mol. The van der Waals surface area contributed by atoms with Gasteiger partial charge in [0.05, 0.1) is 0 Å². The van der Waals surface area contributed by atoms with Crippen LogP contribution in [0.2, 0.25) is 0 Å². The van der Waals surface area contributed by atoms with Crippen LogP contribution < -0.4 is 4.90 Å². The summed E-state index contributed by atoms with van der Waals surface area (Å²) in [5, 5.41) is 0. The van der Waals surface area contributed by atoms with Gasteiger partial charge in [0.1, 0.15) is 0 Å². The molecular formula is C14H18N2O2. The van der Waals surface area contributed by atoms with E-state index in [0.29, 0.717) is 0 Å². The van der Waals surface area contributed by atoms with Gasteiger partial charge in [0.25, 0.3) is 0 Å². The molecule has 1 aromatic rings. The normalized spacial score (nSPS) is 16.4. The van der Waals surface area contributed by atoms with Crippen molar-refractivity contribution >= 4 is 18.0 Å². The van der Waals surface area contributed by atoms with Crippen LogP contribution in [0, 0.1) is 0 Å². The molecule has 96 valence electrons. The molecule has 1 aliphatic heterocycles. The van der Waals surface area contributed by atoms with Gasteiger partial charge in [-0.3, -0.25) is 9.59 Å². The van der Waals surface area contributed by atoms with E-state index in [1.165, 1.54) is 0 Å². The predicted octanol–water partition coefficient (Wildman–Crippen LogP) is 1.66. The summed E-state index contributed by atoms with van der Waals surface area (Å²) in [7, 11) is 0. The van der Waals surface area contributed by atoms with Crippen molar-refractivity contribution in [1.82, 2.24) is 4.90 Å². The van der Waals surface area contributed by atoms with Crippen LogP contribution in [0.25, 0.3) is 0 Å². The van der Waals surface area contributed by atoms with Crippen LogP contribution in [0.15, 0.2) is 30.3 Å². The summed E-state index contributed by atoms with van der Waals surface area (Å²) < 4.78 is 0. The van der Waals surface area contributed by atoms with Crippen LogP contribution in [0.5, 0.6) is 0 Å². The lowest BCUT2D eigenvalue weighted by atomic mass is 10.0. The Morgan fingerprint density at radius 2 is 1.89 bits per heavy atom. The van der Waals surface area contributed by atoms with Crippen molar-refractivity contribution in [2.24, 2.45) is 0 Å². The third kappa shape index (κ3) is 2.70. The number of amides is 2. The van der Waals surface area contributed by atoms with E-state index in [9.17, 15) is 9.59 Å². The van der Waals surface area contributed by atoms with Gasteiger partial charge in [0, 0.05) is 31.7 Å². The summed E-state index contributed by atoms with van der Waals surface area (Å²) in [5.41, 5.74) is 0.939. The Hall–Kier alpha value is -1.84. The van der Waals surface area contributed by atoms with Gasteiger partial charge >= 0.3 is 0 Å². The first-order chi connectivity index (χ1) is 8.72. The summed E-state index contributed by atoms with van der Waals surface area (Å²) in [4.78, 5) is 26.1. The molecule has 0 radical (unpaired) electrons. The second-order valence-corrected chi connectivity index (χ2v) is 4.60. The van der Waals surface area contributed by atoms with E-state index >= 15 is 0 Å². The number of likely N-dealkylation sites (tertiary alicyclic amines) is 1. The maximum Gasteiger partial charge on any atom is 0.224 e. The second-order valence-electron chi connectivity index (χ2n) is 4.60. The third-order valence-electron chi connectivity index (χ3n) is 3.39. The average Bonchev–Trinajstić information content (AvgIpc) is 2.40. The number of piperidine rings is 1. The van der Waals surface area contributed by atoms with E-state index in [-0.39, 0.29) is 11.9 Å². The number of hydrogen-bond acceptors (Lipinski definition) is 2.